The van der Waals surface area contributed by atoms with Crippen LogP contribution in [-0.2, 0) is 19.1 Å². The Morgan fingerprint density at radius 1 is 1.07 bits per heavy atom. The summed E-state index contributed by atoms with van der Waals surface area (Å²) in [6.07, 6.45) is 13.4. The van der Waals surface area contributed by atoms with Crippen molar-refractivity contribution in [2.45, 2.75) is 107 Å². The van der Waals surface area contributed by atoms with Crippen LogP contribution in [0.1, 0.15) is 94.9 Å². The lowest BCUT2D eigenvalue weighted by atomic mass is 9.61. The van der Waals surface area contributed by atoms with Gasteiger partial charge in [0.2, 0.25) is 12.2 Å². The standard InChI is InChI=1S/C22H36N2O5.C11H17Br/c1-8-9-14(4)22(6,7)23-19(25)18-16-10-17(18)12-24(11-16)21(27)29-15(5)28-20(26)13(2)3;1-4-6-7-8-9-11(12)10(3)5-2/h9,13,15-18H,8,10-12H2,1-7H3,(H,23,25);5,7-9H,4,6H2,1-3H3/b14-9-;8-7-,10-5+,11-9+. The zero-order valence-corrected chi connectivity index (χ0v) is 28.5. The number of esters is 1. The maximum Gasteiger partial charge on any atom is 0.412 e. The number of fused-ring (bicyclic) bond motifs is 2. The molecule has 3 aliphatic rings. The van der Waals surface area contributed by atoms with Gasteiger partial charge in [0, 0.05) is 30.4 Å². The summed E-state index contributed by atoms with van der Waals surface area (Å²) in [6.45, 7) is 20.4. The predicted octanol–water partition coefficient (Wildman–Crippen LogP) is 8.07. The first-order valence-electron chi connectivity index (χ1n) is 15.0. The van der Waals surface area contributed by atoms with E-state index >= 15 is 0 Å². The van der Waals surface area contributed by atoms with E-state index in [-0.39, 0.29) is 35.1 Å². The summed E-state index contributed by atoms with van der Waals surface area (Å²) in [4.78, 5) is 38.5. The Hall–Kier alpha value is -2.35. The summed E-state index contributed by atoms with van der Waals surface area (Å²) < 4.78 is 11.5. The average Bonchev–Trinajstić information content (AvgIpc) is 2.90. The van der Waals surface area contributed by atoms with Crippen molar-refractivity contribution in [1.82, 2.24) is 10.2 Å². The van der Waals surface area contributed by atoms with Crippen molar-refractivity contribution < 1.29 is 23.9 Å². The largest absolute Gasteiger partial charge is 0.425 e. The maximum absolute atomic E-state index is 12.9. The van der Waals surface area contributed by atoms with E-state index in [1.54, 1.807) is 18.7 Å². The smallest absolute Gasteiger partial charge is 0.412 e. The third-order valence-corrected chi connectivity index (χ3v) is 8.58. The highest BCUT2D eigenvalue weighted by molar-refractivity contribution is 9.12. The number of unbranched alkanes of at least 4 members (excludes halogenated alkanes) is 1. The molecule has 1 saturated carbocycles. The predicted molar refractivity (Wildman–Crippen MR) is 170 cm³/mol. The van der Waals surface area contributed by atoms with Gasteiger partial charge in [0.25, 0.3) is 0 Å². The van der Waals surface area contributed by atoms with Crippen LogP contribution in [0.15, 0.2) is 46.0 Å². The second-order valence-corrected chi connectivity index (χ2v) is 12.7. The first-order chi connectivity index (χ1) is 19.2. The van der Waals surface area contributed by atoms with Crippen molar-refractivity contribution in [2.75, 3.05) is 13.1 Å². The highest BCUT2D eigenvalue weighted by Gasteiger charge is 2.52. The molecule has 0 aromatic carbocycles. The molecule has 1 N–H and O–H groups in total. The highest BCUT2D eigenvalue weighted by atomic mass is 79.9. The Kier molecular flexibility index (Phi) is 15.7. The summed E-state index contributed by atoms with van der Waals surface area (Å²) in [5, 5.41) is 3.18. The SMILES string of the molecule is C/C=C(C)/C(Br)=C\C=C/CCC.CC/C=C(/C)C(C)(C)NC(=O)C1C2CC1CN(C(=O)OC(C)OC(=O)C(C)C)C2. The molecule has 0 aromatic rings. The number of hydrogen-bond donors (Lipinski definition) is 1. The summed E-state index contributed by atoms with van der Waals surface area (Å²) in [6, 6.07) is 0. The van der Waals surface area contributed by atoms with Crippen molar-refractivity contribution in [1.29, 1.82) is 0 Å². The molecule has 3 atom stereocenters. The fraction of sp³-hybridized carbons (Fsp3) is 0.667. The summed E-state index contributed by atoms with van der Waals surface area (Å²) >= 11 is 3.50. The zero-order chi connectivity index (χ0) is 31.3. The topological polar surface area (TPSA) is 84.9 Å². The van der Waals surface area contributed by atoms with Crippen molar-refractivity contribution in [3.63, 3.8) is 0 Å². The molecule has 2 bridgehead atoms. The van der Waals surface area contributed by atoms with E-state index in [0.29, 0.717) is 13.1 Å². The number of hydrogen-bond acceptors (Lipinski definition) is 5. The Morgan fingerprint density at radius 2 is 1.68 bits per heavy atom. The van der Waals surface area contributed by atoms with Gasteiger partial charge in [0.15, 0.2) is 0 Å². The molecule has 1 aliphatic carbocycles. The fourth-order valence-corrected chi connectivity index (χ4v) is 5.12. The van der Waals surface area contributed by atoms with Crippen molar-refractivity contribution in [3.05, 3.63) is 46.0 Å². The van der Waals surface area contributed by atoms with Crippen LogP contribution in [-0.4, -0.2) is 47.8 Å². The number of nitrogens with one attached hydrogen (secondary N) is 1. The van der Waals surface area contributed by atoms with E-state index in [1.807, 2.05) is 27.7 Å². The second-order valence-electron chi connectivity index (χ2n) is 11.8. The number of amides is 2. The molecule has 2 aliphatic heterocycles. The van der Waals surface area contributed by atoms with E-state index in [2.05, 4.69) is 72.4 Å². The van der Waals surface area contributed by atoms with Crippen LogP contribution in [0.2, 0.25) is 0 Å². The number of carbonyl (C=O) groups excluding carboxylic acids is 3. The Balaban J connectivity index is 0.000000590. The number of piperidine rings is 2. The van der Waals surface area contributed by atoms with Gasteiger partial charge < -0.3 is 19.7 Å². The minimum atomic E-state index is -0.927. The van der Waals surface area contributed by atoms with E-state index in [1.165, 1.54) is 18.9 Å². The maximum atomic E-state index is 12.9. The van der Waals surface area contributed by atoms with Gasteiger partial charge in [-0.25, -0.2) is 4.79 Å². The van der Waals surface area contributed by atoms with Gasteiger partial charge in [0.1, 0.15) is 0 Å². The van der Waals surface area contributed by atoms with Gasteiger partial charge in [0.05, 0.1) is 11.5 Å². The quantitative estimate of drug-likeness (QED) is 0.107. The molecule has 3 rings (SSSR count). The lowest BCUT2D eigenvalue weighted by molar-refractivity contribution is -0.171. The number of nitrogens with zero attached hydrogens (tertiary/aromatic N) is 1. The lowest BCUT2D eigenvalue weighted by Gasteiger charge is -2.52. The number of carbonyl (C=O) groups is 3. The number of halogens is 1. The monoisotopic (exact) mass is 636 g/mol. The first-order valence-corrected chi connectivity index (χ1v) is 15.8. The van der Waals surface area contributed by atoms with Crippen LogP contribution in [0.5, 0.6) is 0 Å². The molecule has 0 aromatic heterocycles. The lowest BCUT2D eigenvalue weighted by Crippen LogP contribution is -2.62. The van der Waals surface area contributed by atoms with Crippen molar-refractivity contribution in [2.24, 2.45) is 23.7 Å². The van der Waals surface area contributed by atoms with Crippen LogP contribution in [0, 0.1) is 23.7 Å². The molecule has 41 heavy (non-hydrogen) atoms. The minimum Gasteiger partial charge on any atom is -0.425 e. The summed E-state index contributed by atoms with van der Waals surface area (Å²) in [5.74, 6) is -0.407. The molecule has 3 fully saturated rings. The number of allylic oxidation sites excluding steroid dienone is 7. The fourth-order valence-electron chi connectivity index (χ4n) is 4.74. The molecule has 2 heterocycles. The van der Waals surface area contributed by atoms with Crippen LogP contribution in [0.25, 0.3) is 0 Å². The third-order valence-electron chi connectivity index (χ3n) is 7.69. The Labute approximate surface area is 257 Å². The average molecular weight is 638 g/mol. The van der Waals surface area contributed by atoms with Gasteiger partial charge in [-0.3, -0.25) is 9.59 Å². The van der Waals surface area contributed by atoms with Crippen molar-refractivity contribution in [3.8, 4) is 0 Å². The summed E-state index contributed by atoms with van der Waals surface area (Å²) in [7, 11) is 0. The van der Waals surface area contributed by atoms with E-state index in [4.69, 9.17) is 9.47 Å². The van der Waals surface area contributed by atoms with Crippen LogP contribution in [0.3, 0.4) is 0 Å². The van der Waals surface area contributed by atoms with Crippen LogP contribution >= 0.6 is 15.9 Å². The van der Waals surface area contributed by atoms with Gasteiger partial charge >= 0.3 is 12.1 Å². The highest BCUT2D eigenvalue weighted by Crippen LogP contribution is 2.46. The second kappa shape index (κ2) is 17.6. The zero-order valence-electron chi connectivity index (χ0n) is 26.9. The van der Waals surface area contributed by atoms with Gasteiger partial charge in [-0.2, -0.15) is 0 Å². The molecule has 0 radical (unpaired) electrons. The van der Waals surface area contributed by atoms with E-state index in [0.717, 1.165) is 29.3 Å². The number of rotatable bonds is 11. The normalized spacial score (nSPS) is 22.0. The summed E-state index contributed by atoms with van der Waals surface area (Å²) in [5.41, 5.74) is 2.04. The molecule has 0 spiro atoms. The van der Waals surface area contributed by atoms with Gasteiger partial charge in [-0.1, -0.05) is 79.9 Å². The van der Waals surface area contributed by atoms with Crippen LogP contribution < -0.4 is 5.32 Å². The van der Waals surface area contributed by atoms with Gasteiger partial charge in [-0.05, 0) is 77.4 Å². The number of ether oxygens (including phenoxy) is 2. The van der Waals surface area contributed by atoms with E-state index in [9.17, 15) is 14.4 Å². The molecule has 2 amide bonds. The molecule has 232 valence electrons. The molecule has 3 unspecified atom stereocenters. The molecule has 2 saturated heterocycles. The van der Waals surface area contributed by atoms with E-state index < -0.39 is 18.4 Å². The third kappa shape index (κ3) is 11.8. The molecule has 8 heteroatoms. The molecular formula is C33H53BrN2O5. The molecular weight excluding hydrogens is 584 g/mol. The van der Waals surface area contributed by atoms with Crippen LogP contribution in [0.4, 0.5) is 4.79 Å². The first kappa shape index (κ1) is 36.7. The Morgan fingerprint density at radius 3 is 2.20 bits per heavy atom. The van der Waals surface area contributed by atoms with Gasteiger partial charge in [-0.15, -0.1) is 0 Å². The minimum absolute atomic E-state index is 0.0624. The molecule has 7 nitrogen and oxygen atoms in total. The Bertz CT molecular complexity index is 999. The van der Waals surface area contributed by atoms with Crippen molar-refractivity contribution >= 4 is 33.9 Å².